The van der Waals surface area contributed by atoms with Crippen molar-refractivity contribution in [2.45, 2.75) is 62.5 Å². The Morgan fingerprint density at radius 1 is 1.06 bits per heavy atom. The van der Waals surface area contributed by atoms with Gasteiger partial charge in [-0.3, -0.25) is 23.4 Å². The summed E-state index contributed by atoms with van der Waals surface area (Å²) >= 11 is 0. The number of nitrogens with one attached hydrogen (secondary N) is 1. The molecule has 2 unspecified atom stereocenters. The number of aliphatic hydroxyl groups is 5. The molecule has 2 aliphatic heterocycles. The molecule has 0 radical (unpaired) electrons. The van der Waals surface area contributed by atoms with Crippen LogP contribution >= 0.6 is 15.6 Å². The zero-order chi connectivity index (χ0) is 27.0. The lowest BCUT2D eigenvalue weighted by atomic mass is 10.00. The number of hydrogen-bond donors (Lipinski definition) is 8. The van der Waals surface area contributed by atoms with Gasteiger partial charge in [0.25, 0.3) is 5.56 Å². The van der Waals surface area contributed by atoms with Gasteiger partial charge < -0.3 is 44.8 Å². The summed E-state index contributed by atoms with van der Waals surface area (Å²) in [4.78, 5) is 45.2. The van der Waals surface area contributed by atoms with E-state index in [9.17, 15) is 48.9 Å². The van der Waals surface area contributed by atoms with Crippen molar-refractivity contribution in [3.8, 4) is 0 Å². The van der Waals surface area contributed by atoms with Crippen LogP contribution < -0.4 is 11.2 Å². The first-order valence-corrected chi connectivity index (χ1v) is 13.3. The van der Waals surface area contributed by atoms with Crippen LogP contribution in [0.3, 0.4) is 0 Å². The molecule has 20 heteroatoms. The van der Waals surface area contributed by atoms with Crippen LogP contribution in [-0.2, 0) is 32.0 Å². The van der Waals surface area contributed by atoms with Crippen molar-refractivity contribution in [2.24, 2.45) is 0 Å². The van der Waals surface area contributed by atoms with E-state index in [4.69, 9.17) is 14.6 Å². The average molecular weight is 564 g/mol. The number of ether oxygens (including phenoxy) is 2. The standard InChI is InChI=1S/C16H26N2O16P2/c1-6-3-18(16(25)17-14(6)24)10-2-7(20)9(31-10)5-30-35(26,27)34-36(28,29)33-15-13(23)12(22)11(21)8(4-19)32-15/h3,7-13,15,19-23H,2,4-5H2,1H3,(H,26,27)(H,28,29)(H,17,24,25)/t7-,8+,9+,10+,11+,12+,13-,15+/m0/s1. The Hall–Kier alpha value is -1.34. The second-order valence-electron chi connectivity index (χ2n) is 8.03. The fourth-order valence-electron chi connectivity index (χ4n) is 3.46. The van der Waals surface area contributed by atoms with Gasteiger partial charge >= 0.3 is 21.3 Å². The normalized spacial score (nSPS) is 36.3. The van der Waals surface area contributed by atoms with E-state index in [0.717, 1.165) is 4.57 Å². The number of aromatic amines is 1. The minimum absolute atomic E-state index is 0.172. The molecule has 0 amide bonds. The van der Waals surface area contributed by atoms with Crippen LogP contribution in [0.25, 0.3) is 0 Å². The van der Waals surface area contributed by atoms with Crippen molar-refractivity contribution in [3.63, 3.8) is 0 Å². The summed E-state index contributed by atoms with van der Waals surface area (Å²) in [6.45, 7) is -0.305. The number of H-pyrrole nitrogens is 1. The van der Waals surface area contributed by atoms with Gasteiger partial charge in [-0.1, -0.05) is 0 Å². The number of phosphoric acid groups is 2. The summed E-state index contributed by atoms with van der Waals surface area (Å²) in [5.41, 5.74) is -1.27. The summed E-state index contributed by atoms with van der Waals surface area (Å²) in [5, 5.41) is 48.5. The Morgan fingerprint density at radius 3 is 2.36 bits per heavy atom. The maximum atomic E-state index is 12.2. The van der Waals surface area contributed by atoms with E-state index in [0.29, 0.717) is 0 Å². The zero-order valence-electron chi connectivity index (χ0n) is 18.5. The van der Waals surface area contributed by atoms with Crippen LogP contribution in [-0.4, -0.2) is 101 Å². The Morgan fingerprint density at radius 2 is 1.72 bits per heavy atom. The number of aliphatic hydroxyl groups excluding tert-OH is 5. The van der Waals surface area contributed by atoms with E-state index >= 15 is 0 Å². The topological polar surface area (TPSA) is 277 Å². The number of phosphoric ester groups is 2. The van der Waals surface area contributed by atoms with E-state index < -0.39 is 89.2 Å². The van der Waals surface area contributed by atoms with Crippen molar-refractivity contribution < 1.29 is 67.3 Å². The highest BCUT2D eigenvalue weighted by molar-refractivity contribution is 7.61. The molecular weight excluding hydrogens is 538 g/mol. The quantitative estimate of drug-likeness (QED) is 0.135. The SMILES string of the molecule is Cc1cn([C@H]2C[C@H](O)[C@@H](COP(=O)(O)OP(=O)(O)O[C@H]3O[C@H](CO)[C@@H](O)[C@@H](O)[C@@H]3O)O2)c(=O)[nH]c1=O. The van der Waals surface area contributed by atoms with Gasteiger partial charge in [0.05, 0.1) is 19.3 Å². The molecule has 3 heterocycles. The molecule has 0 bridgehead atoms. The lowest BCUT2D eigenvalue weighted by Crippen LogP contribution is -2.58. The molecule has 0 saturated carbocycles. The molecule has 36 heavy (non-hydrogen) atoms. The fourth-order valence-corrected chi connectivity index (χ4v) is 5.62. The first kappa shape index (κ1) is 29.2. The van der Waals surface area contributed by atoms with Gasteiger partial charge in [-0.05, 0) is 6.92 Å². The predicted molar refractivity (Wildman–Crippen MR) is 112 cm³/mol. The van der Waals surface area contributed by atoms with Gasteiger partial charge in [0.1, 0.15) is 36.7 Å². The average Bonchev–Trinajstić information content (AvgIpc) is 3.14. The molecule has 8 N–H and O–H groups in total. The third-order valence-electron chi connectivity index (χ3n) is 5.35. The predicted octanol–water partition coefficient (Wildman–Crippen LogP) is -3.46. The summed E-state index contributed by atoms with van der Waals surface area (Å²) in [6, 6.07) is 0. The second kappa shape index (κ2) is 11.2. The van der Waals surface area contributed by atoms with Gasteiger partial charge in [-0.2, -0.15) is 4.31 Å². The highest BCUT2D eigenvalue weighted by atomic mass is 31.3. The van der Waals surface area contributed by atoms with E-state index in [2.05, 4.69) is 18.3 Å². The van der Waals surface area contributed by atoms with Crippen molar-refractivity contribution in [2.75, 3.05) is 13.2 Å². The maximum absolute atomic E-state index is 12.2. The van der Waals surface area contributed by atoms with Crippen LogP contribution in [0, 0.1) is 6.92 Å². The third-order valence-corrected chi connectivity index (χ3v) is 7.95. The summed E-state index contributed by atoms with van der Waals surface area (Å²) in [6.07, 6.45) is -12.2. The third kappa shape index (κ3) is 6.75. The molecule has 0 aromatic carbocycles. The van der Waals surface area contributed by atoms with E-state index in [1.54, 1.807) is 0 Å². The molecule has 1 aromatic heterocycles. The van der Waals surface area contributed by atoms with Crippen molar-refractivity contribution >= 4 is 15.6 Å². The minimum atomic E-state index is -5.54. The highest BCUT2D eigenvalue weighted by Crippen LogP contribution is 2.61. The second-order valence-corrected chi connectivity index (χ2v) is 11.0. The van der Waals surface area contributed by atoms with E-state index in [-0.39, 0.29) is 12.0 Å². The van der Waals surface area contributed by atoms with Gasteiger partial charge in [0.15, 0.2) is 6.29 Å². The zero-order valence-corrected chi connectivity index (χ0v) is 20.3. The molecule has 10 atom stereocenters. The van der Waals surface area contributed by atoms with Crippen LogP contribution in [0.15, 0.2) is 15.8 Å². The van der Waals surface area contributed by atoms with Crippen molar-refractivity contribution in [3.05, 3.63) is 32.6 Å². The first-order valence-electron chi connectivity index (χ1n) is 10.3. The molecule has 3 rings (SSSR count). The van der Waals surface area contributed by atoms with Gasteiger partial charge in [0.2, 0.25) is 0 Å². The first-order chi connectivity index (χ1) is 16.6. The number of aryl methyl sites for hydroxylation is 1. The molecule has 2 fully saturated rings. The fraction of sp³-hybridized carbons (Fsp3) is 0.750. The lowest BCUT2D eigenvalue weighted by Gasteiger charge is -2.39. The van der Waals surface area contributed by atoms with E-state index in [1.807, 2.05) is 0 Å². The van der Waals surface area contributed by atoms with Gasteiger partial charge in [-0.15, -0.1) is 0 Å². The van der Waals surface area contributed by atoms with Crippen LogP contribution in [0.4, 0.5) is 0 Å². The largest absolute Gasteiger partial charge is 0.483 e. The van der Waals surface area contributed by atoms with Crippen molar-refractivity contribution in [1.29, 1.82) is 0 Å². The molecule has 0 aliphatic carbocycles. The Bertz CT molecular complexity index is 1140. The number of nitrogens with zero attached hydrogens (tertiary/aromatic N) is 1. The Kier molecular flexibility index (Phi) is 9.08. The number of rotatable bonds is 9. The lowest BCUT2D eigenvalue weighted by molar-refractivity contribution is -0.280. The summed E-state index contributed by atoms with van der Waals surface area (Å²) in [7, 11) is -10.9. The Labute approximate surface area is 201 Å². The maximum Gasteiger partial charge on any atom is 0.483 e. The molecular formula is C16H26N2O16P2. The molecule has 18 nitrogen and oxygen atoms in total. The highest BCUT2D eigenvalue weighted by Gasteiger charge is 2.48. The van der Waals surface area contributed by atoms with Gasteiger partial charge in [-0.25, -0.2) is 13.9 Å². The molecule has 2 aliphatic rings. The summed E-state index contributed by atoms with van der Waals surface area (Å²) in [5.74, 6) is 0. The van der Waals surface area contributed by atoms with Crippen molar-refractivity contribution in [1.82, 2.24) is 9.55 Å². The smallest absolute Gasteiger partial charge is 0.394 e. The molecule has 1 aromatic rings. The monoisotopic (exact) mass is 564 g/mol. The minimum Gasteiger partial charge on any atom is -0.394 e. The Balaban J connectivity index is 1.59. The summed E-state index contributed by atoms with van der Waals surface area (Å²) < 4.78 is 48.8. The van der Waals surface area contributed by atoms with E-state index in [1.165, 1.54) is 13.1 Å². The van der Waals surface area contributed by atoms with Crippen LogP contribution in [0.1, 0.15) is 18.2 Å². The number of hydrogen-bond acceptors (Lipinski definition) is 14. The molecule has 2 saturated heterocycles. The molecule has 206 valence electrons. The number of aromatic nitrogens is 2. The van der Waals surface area contributed by atoms with Gasteiger partial charge in [0, 0.05) is 18.2 Å². The van der Waals surface area contributed by atoms with Crippen LogP contribution in [0.2, 0.25) is 0 Å². The molecule has 0 spiro atoms. The van der Waals surface area contributed by atoms with Crippen LogP contribution in [0.5, 0.6) is 0 Å².